The fourth-order valence-corrected chi connectivity index (χ4v) is 4.73. The first-order valence-electron chi connectivity index (χ1n) is 12.6. The molecule has 10 heteroatoms. The molecule has 2 aromatic carbocycles. The maximum absolute atomic E-state index is 13.4. The minimum Gasteiger partial charge on any atom is -0.462 e. The number of anilines is 1. The Morgan fingerprint density at radius 3 is 2.28 bits per heavy atom. The van der Waals surface area contributed by atoms with Gasteiger partial charge in [0.15, 0.2) is 11.7 Å². The van der Waals surface area contributed by atoms with Gasteiger partial charge >= 0.3 is 11.9 Å². The highest BCUT2D eigenvalue weighted by Gasteiger charge is 2.29. The third kappa shape index (κ3) is 7.73. The molecule has 0 aliphatic heterocycles. The molecule has 3 rings (SSSR count). The van der Waals surface area contributed by atoms with Crippen LogP contribution in [0.1, 0.15) is 57.6 Å². The Kier molecular flexibility index (Phi) is 10.3. The van der Waals surface area contributed by atoms with E-state index in [1.54, 1.807) is 39.8 Å². The van der Waals surface area contributed by atoms with Crippen LogP contribution in [-0.2, 0) is 25.6 Å². The van der Waals surface area contributed by atoms with Crippen molar-refractivity contribution in [1.82, 2.24) is 10.3 Å². The molecule has 1 heterocycles. The lowest BCUT2D eigenvalue weighted by atomic mass is 10.0. The summed E-state index contributed by atoms with van der Waals surface area (Å²) in [6, 6.07) is 15.4. The van der Waals surface area contributed by atoms with Crippen LogP contribution in [0.25, 0.3) is 0 Å². The van der Waals surface area contributed by atoms with Crippen molar-refractivity contribution in [3.05, 3.63) is 81.9 Å². The van der Waals surface area contributed by atoms with Crippen LogP contribution in [0.2, 0.25) is 0 Å². The molecule has 3 aromatic rings. The van der Waals surface area contributed by atoms with Crippen LogP contribution in [0.4, 0.5) is 5.13 Å². The Labute approximate surface area is 232 Å². The second-order valence-electron chi connectivity index (χ2n) is 9.21. The first-order chi connectivity index (χ1) is 18.6. The fourth-order valence-electron chi connectivity index (χ4n) is 3.76. The van der Waals surface area contributed by atoms with Crippen molar-refractivity contribution in [1.29, 1.82) is 0 Å². The maximum atomic E-state index is 13.4. The predicted octanol–water partition coefficient (Wildman–Crippen LogP) is 4.47. The summed E-state index contributed by atoms with van der Waals surface area (Å²) in [6.07, 6.45) is 0. The van der Waals surface area contributed by atoms with Gasteiger partial charge in [-0.25, -0.2) is 14.6 Å². The molecule has 1 N–H and O–H groups in total. The van der Waals surface area contributed by atoms with E-state index < -0.39 is 36.4 Å². The van der Waals surface area contributed by atoms with Gasteiger partial charge in [0.25, 0.3) is 11.8 Å². The molecule has 2 amide bonds. The molecule has 0 saturated carbocycles. The Hall–Kier alpha value is -4.05. The van der Waals surface area contributed by atoms with Crippen molar-refractivity contribution in [2.75, 3.05) is 18.1 Å². The van der Waals surface area contributed by atoms with Crippen LogP contribution < -0.4 is 10.2 Å². The van der Waals surface area contributed by atoms with Gasteiger partial charge < -0.3 is 14.8 Å². The summed E-state index contributed by atoms with van der Waals surface area (Å²) in [6.45, 7) is 8.56. The first kappa shape index (κ1) is 29.5. The van der Waals surface area contributed by atoms with Gasteiger partial charge in [0.05, 0.1) is 18.8 Å². The molecular weight excluding hydrogens is 518 g/mol. The SMILES string of the molecule is CCOC(=O)c1sc(N(Cc2ccccc2)C(=O)COC(=O)C(NC(=O)c2ccccc2C)C(C)C)nc1C. The van der Waals surface area contributed by atoms with Gasteiger partial charge in [-0.15, -0.1) is 0 Å². The van der Waals surface area contributed by atoms with Crippen molar-refractivity contribution in [3.8, 4) is 0 Å². The number of nitrogens with one attached hydrogen (secondary N) is 1. The average molecular weight is 552 g/mol. The topological polar surface area (TPSA) is 115 Å². The van der Waals surface area contributed by atoms with E-state index in [0.717, 1.165) is 22.5 Å². The molecule has 0 saturated heterocycles. The molecule has 1 aromatic heterocycles. The second kappa shape index (κ2) is 13.7. The molecule has 0 spiro atoms. The molecule has 9 nitrogen and oxygen atoms in total. The van der Waals surface area contributed by atoms with E-state index in [4.69, 9.17) is 9.47 Å². The lowest BCUT2D eigenvalue weighted by Gasteiger charge is -2.23. The Bertz CT molecular complexity index is 1320. The summed E-state index contributed by atoms with van der Waals surface area (Å²) < 4.78 is 10.5. The summed E-state index contributed by atoms with van der Waals surface area (Å²) in [5, 5.41) is 3.02. The van der Waals surface area contributed by atoms with Gasteiger partial charge in [-0.2, -0.15) is 0 Å². The van der Waals surface area contributed by atoms with Gasteiger partial charge in [-0.3, -0.25) is 14.5 Å². The summed E-state index contributed by atoms with van der Waals surface area (Å²) in [4.78, 5) is 57.6. The molecule has 206 valence electrons. The second-order valence-corrected chi connectivity index (χ2v) is 10.2. The Morgan fingerprint density at radius 2 is 1.64 bits per heavy atom. The number of hydrogen-bond donors (Lipinski definition) is 1. The molecule has 0 aliphatic rings. The predicted molar refractivity (Wildman–Crippen MR) is 149 cm³/mol. The van der Waals surface area contributed by atoms with Gasteiger partial charge in [0.1, 0.15) is 10.9 Å². The number of benzene rings is 2. The van der Waals surface area contributed by atoms with Gasteiger partial charge in [0, 0.05) is 5.56 Å². The molecule has 1 unspecified atom stereocenters. The third-order valence-electron chi connectivity index (χ3n) is 5.90. The quantitative estimate of drug-likeness (QED) is 0.350. The standard InChI is InChI=1S/C29H33N3O6S/c1-6-37-28(36)25-20(5)30-29(39-25)32(16-21-13-8-7-9-14-21)23(33)17-38-27(35)24(18(2)3)31-26(34)22-15-11-10-12-19(22)4/h7-15,18,24H,6,16-17H2,1-5H3,(H,31,34). The lowest BCUT2D eigenvalue weighted by Crippen LogP contribution is -2.46. The number of amides is 2. The average Bonchev–Trinajstić information content (AvgIpc) is 3.30. The van der Waals surface area contributed by atoms with E-state index >= 15 is 0 Å². The minimum atomic E-state index is -0.954. The van der Waals surface area contributed by atoms with Crippen molar-refractivity contribution < 1.29 is 28.7 Å². The van der Waals surface area contributed by atoms with E-state index in [0.29, 0.717) is 16.1 Å². The number of carbonyl (C=O) groups is 4. The molecule has 39 heavy (non-hydrogen) atoms. The zero-order chi connectivity index (χ0) is 28.5. The number of carbonyl (C=O) groups excluding carboxylic acids is 4. The van der Waals surface area contributed by atoms with Crippen LogP contribution in [0.3, 0.4) is 0 Å². The zero-order valence-electron chi connectivity index (χ0n) is 22.7. The van der Waals surface area contributed by atoms with Crippen LogP contribution in [-0.4, -0.2) is 48.0 Å². The highest BCUT2D eigenvalue weighted by molar-refractivity contribution is 7.17. The fraction of sp³-hybridized carbons (Fsp3) is 0.345. The number of aromatic nitrogens is 1. The molecule has 0 bridgehead atoms. The van der Waals surface area contributed by atoms with E-state index in [1.807, 2.05) is 49.4 Å². The van der Waals surface area contributed by atoms with E-state index in [1.165, 1.54) is 4.90 Å². The van der Waals surface area contributed by atoms with Crippen molar-refractivity contribution in [2.24, 2.45) is 5.92 Å². The first-order valence-corrected chi connectivity index (χ1v) is 13.5. The summed E-state index contributed by atoms with van der Waals surface area (Å²) in [7, 11) is 0. The number of aryl methyl sites for hydroxylation is 2. The third-order valence-corrected chi connectivity index (χ3v) is 7.06. The highest BCUT2D eigenvalue weighted by Crippen LogP contribution is 2.28. The van der Waals surface area contributed by atoms with Crippen molar-refractivity contribution in [3.63, 3.8) is 0 Å². The summed E-state index contributed by atoms with van der Waals surface area (Å²) >= 11 is 1.04. The number of rotatable bonds is 11. The van der Waals surface area contributed by atoms with Crippen LogP contribution >= 0.6 is 11.3 Å². The summed E-state index contributed by atoms with van der Waals surface area (Å²) in [5.74, 6) is -2.44. The van der Waals surface area contributed by atoms with Gasteiger partial charge in [-0.1, -0.05) is 73.7 Å². The number of nitrogens with zero attached hydrogens (tertiary/aromatic N) is 2. The molecule has 1 atom stereocenters. The normalized spacial score (nSPS) is 11.5. The molecule has 0 fully saturated rings. The number of esters is 2. The largest absolute Gasteiger partial charge is 0.462 e. The monoisotopic (exact) mass is 551 g/mol. The van der Waals surface area contributed by atoms with Crippen LogP contribution in [0, 0.1) is 19.8 Å². The number of ether oxygens (including phenoxy) is 2. The van der Waals surface area contributed by atoms with Crippen LogP contribution in [0.15, 0.2) is 54.6 Å². The lowest BCUT2D eigenvalue weighted by molar-refractivity contribution is -0.150. The van der Waals surface area contributed by atoms with Crippen LogP contribution in [0.5, 0.6) is 0 Å². The number of hydrogen-bond acceptors (Lipinski definition) is 8. The van der Waals surface area contributed by atoms with Gasteiger partial charge in [0.2, 0.25) is 0 Å². The minimum absolute atomic E-state index is 0.157. The molecule has 0 aliphatic carbocycles. The highest BCUT2D eigenvalue weighted by atomic mass is 32.1. The van der Waals surface area contributed by atoms with E-state index in [9.17, 15) is 19.2 Å². The summed E-state index contributed by atoms with van der Waals surface area (Å²) in [5.41, 5.74) is 2.50. The smallest absolute Gasteiger partial charge is 0.350 e. The molecule has 0 radical (unpaired) electrons. The van der Waals surface area contributed by atoms with E-state index in [2.05, 4.69) is 10.3 Å². The van der Waals surface area contributed by atoms with E-state index in [-0.39, 0.29) is 24.2 Å². The zero-order valence-corrected chi connectivity index (χ0v) is 23.5. The van der Waals surface area contributed by atoms with Gasteiger partial charge in [-0.05, 0) is 43.9 Å². The maximum Gasteiger partial charge on any atom is 0.350 e. The number of thiazole rings is 1. The Morgan fingerprint density at radius 1 is 0.974 bits per heavy atom. The Balaban J connectivity index is 1.77. The molecular formula is C29H33N3O6S. The van der Waals surface area contributed by atoms with Crippen molar-refractivity contribution in [2.45, 2.75) is 47.2 Å². The van der Waals surface area contributed by atoms with Crippen molar-refractivity contribution >= 4 is 40.2 Å².